The number of nitrogens with one attached hydrogen (secondary N) is 1. The number of carbonyl (C=O) groups excluding carboxylic acids is 2. The number of carbonyl (C=O) groups is 2. The van der Waals surface area contributed by atoms with Crippen molar-refractivity contribution < 1.29 is 18.0 Å². The number of nitrogens with zero attached hydrogens (tertiary/aromatic N) is 1. The van der Waals surface area contributed by atoms with Crippen LogP contribution in [0.2, 0.25) is 0 Å². The molecule has 0 unspecified atom stereocenters. The van der Waals surface area contributed by atoms with Crippen LogP contribution in [0.25, 0.3) is 0 Å². The summed E-state index contributed by atoms with van der Waals surface area (Å²) in [5.74, 6) is -0.0967. The van der Waals surface area contributed by atoms with E-state index in [4.69, 9.17) is 0 Å². The summed E-state index contributed by atoms with van der Waals surface area (Å²) in [5, 5.41) is 0. The summed E-state index contributed by atoms with van der Waals surface area (Å²) in [6.45, 7) is 6.65. The second-order valence-corrected chi connectivity index (χ2v) is 10.0. The van der Waals surface area contributed by atoms with Crippen molar-refractivity contribution in [3.8, 4) is 0 Å². The van der Waals surface area contributed by atoms with Crippen LogP contribution in [0.15, 0.2) is 47.4 Å². The summed E-state index contributed by atoms with van der Waals surface area (Å²) in [6.07, 6.45) is 1.47. The SMILES string of the molecule is Cc1ccc(C(=O)CCC(=O)N2CCC(NS(=O)(=O)c3ccc(C)cc3C)CC2)cc1. The minimum absolute atomic E-state index is 0.0375. The average molecular weight is 443 g/mol. The topological polar surface area (TPSA) is 83.6 Å². The Labute approximate surface area is 184 Å². The molecule has 0 radical (unpaired) electrons. The van der Waals surface area contributed by atoms with Crippen molar-refractivity contribution in [2.45, 2.75) is 57.4 Å². The summed E-state index contributed by atoms with van der Waals surface area (Å²) in [5.41, 5.74) is 3.45. The summed E-state index contributed by atoms with van der Waals surface area (Å²) in [7, 11) is -3.60. The van der Waals surface area contributed by atoms with Crippen LogP contribution in [0.1, 0.15) is 52.7 Å². The van der Waals surface area contributed by atoms with Gasteiger partial charge in [-0.3, -0.25) is 9.59 Å². The predicted octanol–water partition coefficient (Wildman–Crippen LogP) is 3.54. The Balaban J connectivity index is 1.49. The van der Waals surface area contributed by atoms with Crippen molar-refractivity contribution in [2.24, 2.45) is 0 Å². The van der Waals surface area contributed by atoms with Gasteiger partial charge in [-0.15, -0.1) is 0 Å². The standard InChI is InChI=1S/C24H30N2O4S/c1-17-4-7-20(8-5-17)22(27)9-11-24(28)26-14-12-21(13-15-26)25-31(29,30)23-10-6-18(2)16-19(23)3/h4-8,10,16,21,25H,9,11-15H2,1-3H3. The number of likely N-dealkylation sites (tertiary alicyclic amines) is 1. The number of benzene rings is 2. The Hall–Kier alpha value is -2.51. The van der Waals surface area contributed by atoms with Gasteiger partial charge in [0.15, 0.2) is 5.78 Å². The smallest absolute Gasteiger partial charge is 0.241 e. The second kappa shape index (κ2) is 9.75. The molecule has 1 N–H and O–H groups in total. The van der Waals surface area contributed by atoms with Gasteiger partial charge in [0.05, 0.1) is 4.90 Å². The predicted molar refractivity (Wildman–Crippen MR) is 121 cm³/mol. The molecule has 1 saturated heterocycles. The summed E-state index contributed by atoms with van der Waals surface area (Å²) in [6, 6.07) is 12.4. The van der Waals surface area contributed by atoms with Crippen molar-refractivity contribution in [2.75, 3.05) is 13.1 Å². The number of piperidine rings is 1. The highest BCUT2D eigenvalue weighted by Gasteiger charge is 2.27. The Morgan fingerprint density at radius 3 is 2.16 bits per heavy atom. The van der Waals surface area contributed by atoms with Crippen LogP contribution in [-0.2, 0) is 14.8 Å². The first-order valence-electron chi connectivity index (χ1n) is 10.6. The van der Waals surface area contributed by atoms with Crippen molar-refractivity contribution >= 4 is 21.7 Å². The van der Waals surface area contributed by atoms with Crippen molar-refractivity contribution in [1.29, 1.82) is 0 Å². The van der Waals surface area contributed by atoms with E-state index in [0.29, 0.717) is 36.4 Å². The van der Waals surface area contributed by atoms with Gasteiger partial charge in [-0.05, 0) is 45.2 Å². The molecule has 1 aliphatic heterocycles. The molecule has 2 aromatic rings. The van der Waals surface area contributed by atoms with Crippen LogP contribution in [0, 0.1) is 20.8 Å². The van der Waals surface area contributed by atoms with E-state index in [1.54, 1.807) is 36.1 Å². The molecule has 0 bridgehead atoms. The van der Waals surface area contributed by atoms with E-state index in [2.05, 4.69) is 4.72 Å². The molecule has 2 aromatic carbocycles. The van der Waals surface area contributed by atoms with E-state index >= 15 is 0 Å². The fourth-order valence-corrected chi connectivity index (χ4v) is 5.42. The Kier molecular flexibility index (Phi) is 7.28. The molecule has 31 heavy (non-hydrogen) atoms. The molecule has 1 fully saturated rings. The third-order valence-electron chi connectivity index (χ3n) is 5.73. The summed E-state index contributed by atoms with van der Waals surface area (Å²) < 4.78 is 28.3. The zero-order valence-corrected chi connectivity index (χ0v) is 19.2. The monoisotopic (exact) mass is 442 g/mol. The van der Waals surface area contributed by atoms with Gasteiger partial charge >= 0.3 is 0 Å². The van der Waals surface area contributed by atoms with Gasteiger partial charge in [0.25, 0.3) is 0 Å². The number of rotatable bonds is 7. The number of ketones is 1. The maximum absolute atomic E-state index is 12.8. The zero-order chi connectivity index (χ0) is 22.6. The normalized spacial score (nSPS) is 15.1. The largest absolute Gasteiger partial charge is 0.343 e. The van der Waals surface area contributed by atoms with Gasteiger partial charge in [0, 0.05) is 37.5 Å². The molecule has 0 atom stereocenters. The Bertz CT molecular complexity index is 1050. The third kappa shape index (κ3) is 6.02. The molecule has 1 aliphatic rings. The first-order valence-corrected chi connectivity index (χ1v) is 12.1. The van der Waals surface area contributed by atoms with Crippen LogP contribution < -0.4 is 4.72 Å². The van der Waals surface area contributed by atoms with Gasteiger partial charge in [0.2, 0.25) is 15.9 Å². The number of Topliss-reactive ketones (excluding diaryl/α,β-unsaturated/α-hetero) is 1. The second-order valence-electron chi connectivity index (χ2n) is 8.33. The lowest BCUT2D eigenvalue weighted by atomic mass is 10.0. The highest BCUT2D eigenvalue weighted by molar-refractivity contribution is 7.89. The first kappa shape index (κ1) is 23.2. The molecular weight excluding hydrogens is 412 g/mol. The lowest BCUT2D eigenvalue weighted by Gasteiger charge is -2.32. The van der Waals surface area contributed by atoms with Crippen molar-refractivity contribution in [3.05, 3.63) is 64.7 Å². The van der Waals surface area contributed by atoms with Gasteiger partial charge in [-0.25, -0.2) is 13.1 Å². The van der Waals surface area contributed by atoms with E-state index in [0.717, 1.165) is 16.7 Å². The van der Waals surface area contributed by atoms with E-state index < -0.39 is 10.0 Å². The molecule has 0 aliphatic carbocycles. The molecule has 6 nitrogen and oxygen atoms in total. The summed E-state index contributed by atoms with van der Waals surface area (Å²) in [4.78, 5) is 26.8. The molecule has 166 valence electrons. The molecule has 1 amide bonds. The Morgan fingerprint density at radius 1 is 0.935 bits per heavy atom. The van der Waals surface area contributed by atoms with E-state index in [-0.39, 0.29) is 30.6 Å². The number of aryl methyl sites for hydroxylation is 3. The van der Waals surface area contributed by atoms with Crippen LogP contribution in [0.4, 0.5) is 0 Å². The lowest BCUT2D eigenvalue weighted by molar-refractivity contribution is -0.132. The molecule has 0 saturated carbocycles. The molecule has 0 spiro atoms. The molecule has 7 heteroatoms. The number of sulfonamides is 1. The van der Waals surface area contributed by atoms with Gasteiger partial charge in [-0.1, -0.05) is 47.5 Å². The maximum Gasteiger partial charge on any atom is 0.241 e. The number of hydrogen-bond acceptors (Lipinski definition) is 4. The Morgan fingerprint density at radius 2 is 1.55 bits per heavy atom. The maximum atomic E-state index is 12.8. The molecule has 0 aromatic heterocycles. The summed E-state index contributed by atoms with van der Waals surface area (Å²) >= 11 is 0. The van der Waals surface area contributed by atoms with Crippen molar-refractivity contribution in [1.82, 2.24) is 9.62 Å². The van der Waals surface area contributed by atoms with Gasteiger partial charge in [0.1, 0.15) is 0 Å². The van der Waals surface area contributed by atoms with Crippen LogP contribution in [0.3, 0.4) is 0 Å². The van der Waals surface area contributed by atoms with Gasteiger partial charge in [-0.2, -0.15) is 0 Å². The van der Waals surface area contributed by atoms with Crippen LogP contribution in [-0.4, -0.2) is 44.1 Å². The minimum atomic E-state index is -3.60. The van der Waals surface area contributed by atoms with Crippen LogP contribution >= 0.6 is 0 Å². The van der Waals surface area contributed by atoms with Gasteiger partial charge < -0.3 is 4.90 Å². The molecule has 1 heterocycles. The van der Waals surface area contributed by atoms with E-state index in [9.17, 15) is 18.0 Å². The average Bonchev–Trinajstić information content (AvgIpc) is 2.72. The molecular formula is C24H30N2O4S. The third-order valence-corrected chi connectivity index (χ3v) is 7.41. The zero-order valence-electron chi connectivity index (χ0n) is 18.3. The van der Waals surface area contributed by atoms with Crippen molar-refractivity contribution in [3.63, 3.8) is 0 Å². The fraction of sp³-hybridized carbons (Fsp3) is 0.417. The van der Waals surface area contributed by atoms with E-state index in [1.165, 1.54) is 0 Å². The van der Waals surface area contributed by atoms with Crippen LogP contribution in [0.5, 0.6) is 0 Å². The number of amides is 1. The fourth-order valence-electron chi connectivity index (χ4n) is 3.89. The minimum Gasteiger partial charge on any atom is -0.343 e. The first-order chi connectivity index (χ1) is 14.7. The quantitative estimate of drug-likeness (QED) is 0.665. The lowest BCUT2D eigenvalue weighted by Crippen LogP contribution is -2.46. The molecule has 3 rings (SSSR count). The highest BCUT2D eigenvalue weighted by Crippen LogP contribution is 2.20. The number of hydrogen-bond donors (Lipinski definition) is 1. The van der Waals surface area contributed by atoms with E-state index in [1.807, 2.05) is 32.0 Å². The highest BCUT2D eigenvalue weighted by atomic mass is 32.2.